The highest BCUT2D eigenvalue weighted by molar-refractivity contribution is 9.10. The van der Waals surface area contributed by atoms with Gasteiger partial charge in [-0.15, -0.1) is 0 Å². The van der Waals surface area contributed by atoms with Crippen molar-refractivity contribution in [1.29, 1.82) is 0 Å². The van der Waals surface area contributed by atoms with Crippen molar-refractivity contribution in [2.75, 3.05) is 26.2 Å². The summed E-state index contributed by atoms with van der Waals surface area (Å²) in [5.41, 5.74) is 0.165. The number of hydrogen-bond donors (Lipinski definition) is 0. The second-order valence-corrected chi connectivity index (χ2v) is 6.81. The zero-order valence-corrected chi connectivity index (χ0v) is 13.6. The summed E-state index contributed by atoms with van der Waals surface area (Å²) < 4.78 is 14.6. The van der Waals surface area contributed by atoms with E-state index in [0.29, 0.717) is 19.1 Å². The van der Waals surface area contributed by atoms with Crippen LogP contribution in [0.1, 0.15) is 36.0 Å². The molecular weight excluding hydrogens is 335 g/mol. The first-order chi connectivity index (χ1) is 10.1. The van der Waals surface area contributed by atoms with Gasteiger partial charge in [-0.25, -0.2) is 4.39 Å². The lowest BCUT2D eigenvalue weighted by molar-refractivity contribution is 0.0569. The standard InChI is InChI=1S/C16H20BrFN2O/c17-12-5-6-15(18)14(11-12)16(21)20-9-7-19(8-10-20)13-3-1-2-4-13/h5-6,11,13H,1-4,7-10H2. The van der Waals surface area contributed by atoms with E-state index in [1.54, 1.807) is 17.0 Å². The van der Waals surface area contributed by atoms with Crippen molar-refractivity contribution in [3.8, 4) is 0 Å². The van der Waals surface area contributed by atoms with E-state index in [1.807, 2.05) is 0 Å². The SMILES string of the molecule is O=C(c1cc(Br)ccc1F)N1CCN(C2CCCC2)CC1. The number of rotatable bonds is 2. The van der Waals surface area contributed by atoms with Gasteiger partial charge in [-0.2, -0.15) is 0 Å². The van der Waals surface area contributed by atoms with Crippen LogP contribution in [0.3, 0.4) is 0 Å². The van der Waals surface area contributed by atoms with Crippen LogP contribution in [0, 0.1) is 5.82 Å². The molecule has 1 saturated carbocycles. The maximum atomic E-state index is 13.8. The first-order valence-corrected chi connectivity index (χ1v) is 8.43. The summed E-state index contributed by atoms with van der Waals surface area (Å²) in [5.74, 6) is -0.638. The van der Waals surface area contributed by atoms with Crippen LogP contribution in [-0.4, -0.2) is 47.9 Å². The van der Waals surface area contributed by atoms with Crippen molar-refractivity contribution >= 4 is 21.8 Å². The van der Waals surface area contributed by atoms with E-state index < -0.39 is 5.82 Å². The predicted octanol–water partition coefficient (Wildman–Crippen LogP) is 3.29. The second-order valence-electron chi connectivity index (χ2n) is 5.89. The van der Waals surface area contributed by atoms with Gasteiger partial charge in [0.25, 0.3) is 5.91 Å². The molecular formula is C16H20BrFN2O. The average Bonchev–Trinajstić information content (AvgIpc) is 3.03. The molecule has 0 spiro atoms. The van der Waals surface area contributed by atoms with Crippen molar-refractivity contribution in [3.63, 3.8) is 0 Å². The lowest BCUT2D eigenvalue weighted by Gasteiger charge is -2.38. The Bertz CT molecular complexity index is 523. The Hall–Kier alpha value is -0.940. The van der Waals surface area contributed by atoms with Gasteiger partial charge in [-0.05, 0) is 31.0 Å². The minimum atomic E-state index is -0.443. The highest BCUT2D eigenvalue weighted by Gasteiger charge is 2.29. The van der Waals surface area contributed by atoms with E-state index in [2.05, 4.69) is 20.8 Å². The number of amides is 1. The van der Waals surface area contributed by atoms with Gasteiger partial charge in [0.2, 0.25) is 0 Å². The first kappa shape index (κ1) is 15.0. The number of carbonyl (C=O) groups excluding carboxylic acids is 1. The number of piperazine rings is 1. The lowest BCUT2D eigenvalue weighted by atomic mass is 10.1. The first-order valence-electron chi connectivity index (χ1n) is 7.63. The van der Waals surface area contributed by atoms with Crippen LogP contribution in [0.15, 0.2) is 22.7 Å². The molecule has 5 heteroatoms. The monoisotopic (exact) mass is 354 g/mol. The van der Waals surface area contributed by atoms with Gasteiger partial charge < -0.3 is 4.90 Å². The summed E-state index contributed by atoms with van der Waals surface area (Å²) in [5, 5.41) is 0. The summed E-state index contributed by atoms with van der Waals surface area (Å²) in [6, 6.07) is 5.22. The average molecular weight is 355 g/mol. The Morgan fingerprint density at radius 3 is 2.48 bits per heavy atom. The maximum Gasteiger partial charge on any atom is 0.256 e. The fourth-order valence-electron chi connectivity index (χ4n) is 3.39. The van der Waals surface area contributed by atoms with Gasteiger partial charge in [-0.3, -0.25) is 9.69 Å². The summed E-state index contributed by atoms with van der Waals surface area (Å²) in [6.07, 6.45) is 5.22. The maximum absolute atomic E-state index is 13.8. The van der Waals surface area contributed by atoms with Crippen LogP contribution < -0.4 is 0 Å². The molecule has 0 unspecified atom stereocenters. The third-order valence-corrected chi connectivity index (χ3v) is 5.09. The Balaban J connectivity index is 1.63. The molecule has 0 radical (unpaired) electrons. The van der Waals surface area contributed by atoms with Gasteiger partial charge >= 0.3 is 0 Å². The number of nitrogens with zero attached hydrogens (tertiary/aromatic N) is 2. The van der Waals surface area contributed by atoms with Crippen molar-refractivity contribution in [2.24, 2.45) is 0 Å². The lowest BCUT2D eigenvalue weighted by Crippen LogP contribution is -2.51. The van der Waals surface area contributed by atoms with Crippen LogP contribution >= 0.6 is 15.9 Å². The van der Waals surface area contributed by atoms with Gasteiger partial charge in [-0.1, -0.05) is 28.8 Å². The molecule has 2 aliphatic rings. The van der Waals surface area contributed by atoms with Gasteiger partial charge in [0.15, 0.2) is 0 Å². The van der Waals surface area contributed by atoms with Gasteiger partial charge in [0.05, 0.1) is 5.56 Å². The van der Waals surface area contributed by atoms with Crippen LogP contribution in [-0.2, 0) is 0 Å². The Morgan fingerprint density at radius 1 is 1.14 bits per heavy atom. The molecule has 1 aliphatic carbocycles. The van der Waals surface area contributed by atoms with E-state index in [9.17, 15) is 9.18 Å². The molecule has 1 amide bonds. The van der Waals surface area contributed by atoms with E-state index >= 15 is 0 Å². The normalized spacial score (nSPS) is 21.0. The molecule has 0 bridgehead atoms. The molecule has 0 N–H and O–H groups in total. The molecule has 1 aliphatic heterocycles. The molecule has 3 rings (SSSR count). The van der Waals surface area contributed by atoms with Crippen molar-refractivity contribution < 1.29 is 9.18 Å². The molecule has 114 valence electrons. The number of halogens is 2. The van der Waals surface area contributed by atoms with Crippen molar-refractivity contribution in [2.45, 2.75) is 31.7 Å². The van der Waals surface area contributed by atoms with Crippen molar-refractivity contribution in [1.82, 2.24) is 9.80 Å². The van der Waals surface area contributed by atoms with Crippen LogP contribution in [0.4, 0.5) is 4.39 Å². The third kappa shape index (κ3) is 3.29. The van der Waals surface area contributed by atoms with Gasteiger partial charge in [0, 0.05) is 36.7 Å². The zero-order valence-electron chi connectivity index (χ0n) is 12.0. The molecule has 1 aromatic rings. The summed E-state index contributed by atoms with van der Waals surface area (Å²) in [6.45, 7) is 3.21. The molecule has 3 nitrogen and oxygen atoms in total. The number of benzene rings is 1. The highest BCUT2D eigenvalue weighted by atomic mass is 79.9. The molecule has 1 aromatic carbocycles. The highest BCUT2D eigenvalue weighted by Crippen LogP contribution is 2.25. The fraction of sp³-hybridized carbons (Fsp3) is 0.562. The topological polar surface area (TPSA) is 23.6 Å². The van der Waals surface area contributed by atoms with E-state index in [1.165, 1.54) is 31.7 Å². The van der Waals surface area contributed by atoms with E-state index in [-0.39, 0.29) is 11.5 Å². The summed E-state index contributed by atoms with van der Waals surface area (Å²) in [4.78, 5) is 16.7. The second kappa shape index (κ2) is 6.44. The number of hydrogen-bond acceptors (Lipinski definition) is 2. The Kier molecular flexibility index (Phi) is 4.60. The largest absolute Gasteiger partial charge is 0.336 e. The number of carbonyl (C=O) groups is 1. The molecule has 21 heavy (non-hydrogen) atoms. The quantitative estimate of drug-likeness (QED) is 0.813. The molecule has 1 saturated heterocycles. The Labute approximate surface area is 133 Å². The zero-order chi connectivity index (χ0) is 14.8. The Morgan fingerprint density at radius 2 is 1.81 bits per heavy atom. The smallest absolute Gasteiger partial charge is 0.256 e. The molecule has 0 aromatic heterocycles. The third-order valence-electron chi connectivity index (χ3n) is 4.60. The summed E-state index contributed by atoms with van der Waals surface area (Å²) >= 11 is 3.30. The van der Waals surface area contributed by atoms with Crippen LogP contribution in [0.25, 0.3) is 0 Å². The van der Waals surface area contributed by atoms with Crippen LogP contribution in [0.5, 0.6) is 0 Å². The van der Waals surface area contributed by atoms with Crippen molar-refractivity contribution in [3.05, 3.63) is 34.1 Å². The van der Waals surface area contributed by atoms with Crippen LogP contribution in [0.2, 0.25) is 0 Å². The minimum absolute atomic E-state index is 0.165. The van der Waals surface area contributed by atoms with Gasteiger partial charge in [0.1, 0.15) is 5.82 Å². The molecule has 0 atom stereocenters. The molecule has 2 fully saturated rings. The molecule has 1 heterocycles. The predicted molar refractivity (Wildman–Crippen MR) is 83.8 cm³/mol. The van der Waals surface area contributed by atoms with E-state index in [0.717, 1.165) is 17.6 Å². The minimum Gasteiger partial charge on any atom is -0.336 e. The fourth-order valence-corrected chi connectivity index (χ4v) is 3.75. The summed E-state index contributed by atoms with van der Waals surface area (Å²) in [7, 11) is 0. The van der Waals surface area contributed by atoms with E-state index in [4.69, 9.17) is 0 Å².